The largest absolute Gasteiger partial charge is 0.489 e. The predicted molar refractivity (Wildman–Crippen MR) is 99.9 cm³/mol. The number of esters is 1. The molecule has 0 aliphatic rings. The summed E-state index contributed by atoms with van der Waals surface area (Å²) in [5.41, 5.74) is 1.61. The zero-order valence-corrected chi connectivity index (χ0v) is 14.9. The number of ether oxygens (including phenoxy) is 2. The van der Waals surface area contributed by atoms with Crippen molar-refractivity contribution < 1.29 is 19.1 Å². The van der Waals surface area contributed by atoms with E-state index in [9.17, 15) is 9.59 Å². The van der Waals surface area contributed by atoms with Crippen LogP contribution in [0, 0.1) is 0 Å². The van der Waals surface area contributed by atoms with Crippen molar-refractivity contribution in [3.8, 4) is 5.75 Å². The van der Waals surface area contributed by atoms with Gasteiger partial charge in [-0.3, -0.25) is 9.59 Å². The van der Waals surface area contributed by atoms with Crippen molar-refractivity contribution in [2.75, 3.05) is 20.2 Å². The van der Waals surface area contributed by atoms with Gasteiger partial charge in [-0.2, -0.15) is 0 Å². The van der Waals surface area contributed by atoms with E-state index in [1.807, 2.05) is 30.3 Å². The van der Waals surface area contributed by atoms with Crippen LogP contribution in [-0.4, -0.2) is 37.0 Å². The Hall–Kier alpha value is -3.08. The zero-order chi connectivity index (χ0) is 18.8. The van der Waals surface area contributed by atoms with Crippen LogP contribution in [0.1, 0.15) is 22.3 Å². The molecule has 0 unspecified atom stereocenters. The normalized spacial score (nSPS) is 10.0. The molecule has 0 heterocycles. The fourth-order valence-corrected chi connectivity index (χ4v) is 2.38. The molecule has 0 N–H and O–H groups in total. The Morgan fingerprint density at radius 1 is 1.08 bits per heavy atom. The Morgan fingerprint density at radius 2 is 1.77 bits per heavy atom. The summed E-state index contributed by atoms with van der Waals surface area (Å²) >= 11 is 0. The SMILES string of the molecule is C=CCN(CCC(=O)OC)C(=O)c1ccc(OCc2ccccc2)cc1. The van der Waals surface area contributed by atoms with Crippen LogP contribution in [0.2, 0.25) is 0 Å². The second kappa shape index (κ2) is 10.0. The maximum atomic E-state index is 12.6. The number of amides is 1. The highest BCUT2D eigenvalue weighted by Gasteiger charge is 2.16. The van der Waals surface area contributed by atoms with Gasteiger partial charge in [-0.1, -0.05) is 36.4 Å². The van der Waals surface area contributed by atoms with Gasteiger partial charge < -0.3 is 14.4 Å². The molecule has 0 aliphatic heterocycles. The van der Waals surface area contributed by atoms with Gasteiger partial charge in [0.15, 0.2) is 0 Å². The molecule has 2 aromatic rings. The molecule has 0 aliphatic carbocycles. The molecule has 0 radical (unpaired) electrons. The summed E-state index contributed by atoms with van der Waals surface area (Å²) in [5.74, 6) is 0.176. The van der Waals surface area contributed by atoms with Gasteiger partial charge in [-0.15, -0.1) is 6.58 Å². The first kappa shape index (κ1) is 19.2. The van der Waals surface area contributed by atoms with Crippen molar-refractivity contribution in [1.82, 2.24) is 4.90 Å². The number of carbonyl (C=O) groups is 2. The van der Waals surface area contributed by atoms with Crippen LogP contribution in [0.25, 0.3) is 0 Å². The molecule has 0 bridgehead atoms. The van der Waals surface area contributed by atoms with E-state index < -0.39 is 0 Å². The highest BCUT2D eigenvalue weighted by atomic mass is 16.5. The van der Waals surface area contributed by atoms with E-state index in [-0.39, 0.29) is 24.8 Å². The first-order valence-corrected chi connectivity index (χ1v) is 8.38. The highest BCUT2D eigenvalue weighted by Crippen LogP contribution is 2.16. The number of benzene rings is 2. The number of carbonyl (C=O) groups excluding carboxylic acids is 2. The topological polar surface area (TPSA) is 55.8 Å². The van der Waals surface area contributed by atoms with E-state index in [0.29, 0.717) is 24.5 Å². The summed E-state index contributed by atoms with van der Waals surface area (Å²) in [6.07, 6.45) is 1.78. The lowest BCUT2D eigenvalue weighted by Gasteiger charge is -2.20. The van der Waals surface area contributed by atoms with Gasteiger partial charge in [-0.05, 0) is 29.8 Å². The molecule has 2 rings (SSSR count). The first-order valence-electron chi connectivity index (χ1n) is 8.38. The van der Waals surface area contributed by atoms with Gasteiger partial charge in [-0.25, -0.2) is 0 Å². The van der Waals surface area contributed by atoms with Crippen molar-refractivity contribution in [2.45, 2.75) is 13.0 Å². The molecular formula is C21H23NO4. The molecule has 0 saturated carbocycles. The molecule has 0 fully saturated rings. The van der Waals surface area contributed by atoms with Gasteiger partial charge in [0.1, 0.15) is 12.4 Å². The van der Waals surface area contributed by atoms with Crippen LogP contribution in [0.3, 0.4) is 0 Å². The molecule has 0 spiro atoms. The fraction of sp³-hybridized carbons (Fsp3) is 0.238. The quantitative estimate of drug-likeness (QED) is 0.512. The van der Waals surface area contributed by atoms with Gasteiger partial charge >= 0.3 is 5.97 Å². The average molecular weight is 353 g/mol. The monoisotopic (exact) mass is 353 g/mol. The standard InChI is InChI=1S/C21H23NO4/c1-3-14-22(15-13-20(23)25-2)21(24)18-9-11-19(12-10-18)26-16-17-7-5-4-6-8-17/h3-12H,1,13-16H2,2H3. The first-order chi connectivity index (χ1) is 12.6. The molecule has 2 aromatic carbocycles. The summed E-state index contributed by atoms with van der Waals surface area (Å²) in [6, 6.07) is 16.8. The van der Waals surface area contributed by atoms with Crippen LogP contribution in [-0.2, 0) is 16.1 Å². The Morgan fingerprint density at radius 3 is 2.38 bits per heavy atom. The second-order valence-electron chi connectivity index (χ2n) is 5.66. The maximum absolute atomic E-state index is 12.6. The number of hydrogen-bond donors (Lipinski definition) is 0. The second-order valence-corrected chi connectivity index (χ2v) is 5.66. The Kier molecular flexibility index (Phi) is 7.43. The van der Waals surface area contributed by atoms with Gasteiger partial charge in [0.25, 0.3) is 5.91 Å². The van der Waals surface area contributed by atoms with Crippen LogP contribution in [0.4, 0.5) is 0 Å². The lowest BCUT2D eigenvalue weighted by Crippen LogP contribution is -2.33. The summed E-state index contributed by atoms with van der Waals surface area (Å²) < 4.78 is 10.4. The van der Waals surface area contributed by atoms with Crippen LogP contribution in [0.5, 0.6) is 5.75 Å². The Bertz CT molecular complexity index is 725. The van der Waals surface area contributed by atoms with E-state index in [2.05, 4.69) is 11.3 Å². The van der Waals surface area contributed by atoms with Gasteiger partial charge in [0.05, 0.1) is 13.5 Å². The lowest BCUT2D eigenvalue weighted by molar-refractivity contribution is -0.140. The molecule has 5 nitrogen and oxygen atoms in total. The number of rotatable bonds is 9. The van der Waals surface area contributed by atoms with Crippen LogP contribution < -0.4 is 4.74 Å². The van der Waals surface area contributed by atoms with E-state index in [1.165, 1.54) is 7.11 Å². The van der Waals surface area contributed by atoms with Crippen molar-refractivity contribution in [2.24, 2.45) is 0 Å². The summed E-state index contributed by atoms with van der Waals surface area (Å²) in [7, 11) is 1.33. The third-order valence-electron chi connectivity index (χ3n) is 3.80. The average Bonchev–Trinajstić information content (AvgIpc) is 2.70. The number of nitrogens with zero attached hydrogens (tertiary/aromatic N) is 1. The number of methoxy groups -OCH3 is 1. The smallest absolute Gasteiger partial charge is 0.307 e. The van der Waals surface area contributed by atoms with Crippen LogP contribution >= 0.6 is 0 Å². The maximum Gasteiger partial charge on any atom is 0.307 e. The molecule has 5 heteroatoms. The minimum Gasteiger partial charge on any atom is -0.489 e. The highest BCUT2D eigenvalue weighted by molar-refractivity contribution is 5.94. The van der Waals surface area contributed by atoms with Gasteiger partial charge in [0, 0.05) is 18.7 Å². The minimum absolute atomic E-state index is 0.147. The van der Waals surface area contributed by atoms with Crippen molar-refractivity contribution >= 4 is 11.9 Å². The fourth-order valence-electron chi connectivity index (χ4n) is 2.38. The summed E-state index contributed by atoms with van der Waals surface area (Å²) in [6.45, 7) is 4.77. The molecule has 0 atom stereocenters. The minimum atomic E-state index is -0.350. The van der Waals surface area contributed by atoms with E-state index in [0.717, 1.165) is 5.56 Å². The Labute approximate surface area is 153 Å². The molecule has 0 aromatic heterocycles. The molecule has 26 heavy (non-hydrogen) atoms. The summed E-state index contributed by atoms with van der Waals surface area (Å²) in [4.78, 5) is 25.5. The van der Waals surface area contributed by atoms with Crippen molar-refractivity contribution in [3.63, 3.8) is 0 Å². The van der Waals surface area contributed by atoms with E-state index >= 15 is 0 Å². The molecule has 136 valence electrons. The van der Waals surface area contributed by atoms with Gasteiger partial charge in [0.2, 0.25) is 0 Å². The molecule has 0 saturated heterocycles. The Balaban J connectivity index is 1.96. The molecular weight excluding hydrogens is 330 g/mol. The van der Waals surface area contributed by atoms with E-state index in [4.69, 9.17) is 4.74 Å². The van der Waals surface area contributed by atoms with Crippen molar-refractivity contribution in [1.29, 1.82) is 0 Å². The van der Waals surface area contributed by atoms with E-state index in [1.54, 1.807) is 35.2 Å². The third kappa shape index (κ3) is 5.77. The number of hydrogen-bond acceptors (Lipinski definition) is 4. The lowest BCUT2D eigenvalue weighted by atomic mass is 10.2. The van der Waals surface area contributed by atoms with Crippen molar-refractivity contribution in [3.05, 3.63) is 78.4 Å². The third-order valence-corrected chi connectivity index (χ3v) is 3.80. The summed E-state index contributed by atoms with van der Waals surface area (Å²) in [5, 5.41) is 0. The zero-order valence-electron chi connectivity index (χ0n) is 14.9. The van der Waals surface area contributed by atoms with Crippen LogP contribution in [0.15, 0.2) is 67.3 Å². The predicted octanol–water partition coefficient (Wildman–Crippen LogP) is 3.46. The molecule has 1 amide bonds.